The van der Waals surface area contributed by atoms with E-state index in [0.717, 1.165) is 17.1 Å². The molecule has 56 heavy (non-hydrogen) atoms. The molecule has 0 atom stereocenters. The largest absolute Gasteiger partial charge is 0.310 e. The van der Waals surface area contributed by atoms with Gasteiger partial charge >= 0.3 is 0 Å². The number of anilines is 3. The molecule has 262 valence electrons. The Balaban J connectivity index is 1.03. The van der Waals surface area contributed by atoms with Gasteiger partial charge in [-0.2, -0.15) is 0 Å². The average Bonchev–Trinajstić information content (AvgIpc) is 3.65. The normalized spacial score (nSPS) is 11.6. The summed E-state index contributed by atoms with van der Waals surface area (Å²) >= 11 is 1.87. The van der Waals surface area contributed by atoms with Gasteiger partial charge in [-0.05, 0) is 120 Å². The van der Waals surface area contributed by atoms with Crippen LogP contribution < -0.4 is 4.90 Å². The molecule has 0 unspecified atom stereocenters. The minimum atomic E-state index is 1.11. The number of hydrogen-bond donors (Lipinski definition) is 0. The number of benzene rings is 10. The fourth-order valence-corrected chi connectivity index (χ4v) is 9.67. The summed E-state index contributed by atoms with van der Waals surface area (Å²) < 4.78 is 2.65. The van der Waals surface area contributed by atoms with Crippen molar-refractivity contribution in [2.45, 2.75) is 0 Å². The van der Waals surface area contributed by atoms with Gasteiger partial charge in [0, 0.05) is 37.2 Å². The van der Waals surface area contributed by atoms with Gasteiger partial charge < -0.3 is 4.90 Å². The standard InChI is InChI=1S/C54H35NS/c1-3-16-45-37(11-1)13-10-21-46(45)38-25-30-43(31-26-38)55(42-28-23-36(24-29-42)39-27-32-51-50-20-7-8-22-53(50)56-54(51)35-39)44-15-9-14-40(33-44)52-34-41-12-2-4-17-47(41)48-18-5-6-19-49(48)52/h1-35H. The minimum absolute atomic E-state index is 1.11. The number of nitrogens with zero attached hydrogens (tertiary/aromatic N) is 1. The molecule has 11 aromatic rings. The van der Waals surface area contributed by atoms with Crippen LogP contribution >= 0.6 is 11.3 Å². The van der Waals surface area contributed by atoms with E-state index in [2.05, 4.69) is 217 Å². The molecule has 1 nitrogen and oxygen atoms in total. The highest BCUT2D eigenvalue weighted by molar-refractivity contribution is 7.25. The van der Waals surface area contributed by atoms with Crippen LogP contribution in [0.3, 0.4) is 0 Å². The second kappa shape index (κ2) is 13.4. The van der Waals surface area contributed by atoms with Gasteiger partial charge in [0.2, 0.25) is 0 Å². The van der Waals surface area contributed by atoms with Gasteiger partial charge in [-0.3, -0.25) is 0 Å². The molecule has 0 fully saturated rings. The fraction of sp³-hybridized carbons (Fsp3) is 0. The highest BCUT2D eigenvalue weighted by Crippen LogP contribution is 2.42. The lowest BCUT2D eigenvalue weighted by atomic mass is 9.93. The molecule has 2 heteroatoms. The van der Waals surface area contributed by atoms with E-state index in [1.807, 2.05) is 11.3 Å². The maximum atomic E-state index is 2.39. The van der Waals surface area contributed by atoms with Gasteiger partial charge in [-0.15, -0.1) is 11.3 Å². The highest BCUT2D eigenvalue weighted by Gasteiger charge is 2.17. The summed E-state index contributed by atoms with van der Waals surface area (Å²) in [6, 6.07) is 77.8. The highest BCUT2D eigenvalue weighted by atomic mass is 32.1. The van der Waals surface area contributed by atoms with E-state index in [-0.39, 0.29) is 0 Å². The van der Waals surface area contributed by atoms with Crippen LogP contribution in [-0.2, 0) is 0 Å². The molecule has 0 saturated carbocycles. The van der Waals surface area contributed by atoms with E-state index >= 15 is 0 Å². The second-order valence-corrected chi connectivity index (χ2v) is 15.6. The Bertz CT molecular complexity index is 3240. The van der Waals surface area contributed by atoms with Crippen LogP contribution in [-0.4, -0.2) is 0 Å². The fourth-order valence-electron chi connectivity index (χ4n) is 8.53. The summed E-state index contributed by atoms with van der Waals surface area (Å²) in [5.41, 5.74) is 10.6. The quantitative estimate of drug-likeness (QED) is 0.154. The van der Waals surface area contributed by atoms with Crippen LogP contribution in [0.4, 0.5) is 17.1 Å². The predicted molar refractivity (Wildman–Crippen MR) is 243 cm³/mol. The van der Waals surface area contributed by atoms with Crippen molar-refractivity contribution < 1.29 is 0 Å². The van der Waals surface area contributed by atoms with Crippen molar-refractivity contribution in [3.8, 4) is 33.4 Å². The van der Waals surface area contributed by atoms with Gasteiger partial charge in [-0.25, -0.2) is 0 Å². The first-order valence-electron chi connectivity index (χ1n) is 19.2. The van der Waals surface area contributed by atoms with E-state index in [1.54, 1.807) is 0 Å². The zero-order chi connectivity index (χ0) is 37.0. The van der Waals surface area contributed by atoms with Gasteiger partial charge in [0.25, 0.3) is 0 Å². The lowest BCUT2D eigenvalue weighted by molar-refractivity contribution is 1.28. The van der Waals surface area contributed by atoms with E-state index in [9.17, 15) is 0 Å². The SMILES string of the molecule is c1cc(-c2cc3ccccc3c3ccccc23)cc(N(c2ccc(-c3ccc4c(c3)sc3ccccc34)cc2)c2ccc(-c3cccc4ccccc34)cc2)c1. The molecule has 0 spiro atoms. The van der Waals surface area contributed by atoms with E-state index in [1.165, 1.54) is 85.9 Å². The summed E-state index contributed by atoms with van der Waals surface area (Å²) in [6.45, 7) is 0. The monoisotopic (exact) mass is 729 g/mol. The van der Waals surface area contributed by atoms with Crippen molar-refractivity contribution in [1.29, 1.82) is 0 Å². The van der Waals surface area contributed by atoms with Crippen molar-refractivity contribution in [2.75, 3.05) is 4.90 Å². The summed E-state index contributed by atoms with van der Waals surface area (Å²) in [4.78, 5) is 2.39. The smallest absolute Gasteiger partial charge is 0.0467 e. The third-order valence-corrected chi connectivity index (χ3v) is 12.4. The second-order valence-electron chi connectivity index (χ2n) is 14.5. The van der Waals surface area contributed by atoms with E-state index < -0.39 is 0 Å². The molecule has 0 aliphatic carbocycles. The Labute approximate surface area is 330 Å². The predicted octanol–water partition coefficient (Wildman–Crippen LogP) is 16.0. The molecule has 1 heterocycles. The van der Waals surface area contributed by atoms with Crippen LogP contribution in [0.25, 0.3) is 85.9 Å². The van der Waals surface area contributed by atoms with Crippen molar-refractivity contribution in [2.24, 2.45) is 0 Å². The van der Waals surface area contributed by atoms with Crippen molar-refractivity contribution in [3.05, 3.63) is 212 Å². The molecule has 0 bridgehead atoms. The average molecular weight is 730 g/mol. The first-order chi connectivity index (χ1) is 27.7. The van der Waals surface area contributed by atoms with Gasteiger partial charge in [-0.1, -0.05) is 158 Å². The zero-order valence-electron chi connectivity index (χ0n) is 30.6. The van der Waals surface area contributed by atoms with Crippen molar-refractivity contribution >= 4 is 80.9 Å². The summed E-state index contributed by atoms with van der Waals surface area (Å²) in [6.07, 6.45) is 0. The molecule has 0 radical (unpaired) electrons. The van der Waals surface area contributed by atoms with Crippen molar-refractivity contribution in [3.63, 3.8) is 0 Å². The Morgan fingerprint density at radius 2 is 0.857 bits per heavy atom. The summed E-state index contributed by atoms with van der Waals surface area (Å²) in [5, 5.41) is 10.2. The maximum Gasteiger partial charge on any atom is 0.0467 e. The molecule has 11 rings (SSSR count). The summed E-state index contributed by atoms with van der Waals surface area (Å²) in [5.74, 6) is 0. The van der Waals surface area contributed by atoms with Crippen LogP contribution in [0.1, 0.15) is 0 Å². The number of rotatable bonds is 6. The molecule has 10 aromatic carbocycles. The third-order valence-electron chi connectivity index (χ3n) is 11.2. The summed E-state index contributed by atoms with van der Waals surface area (Å²) in [7, 11) is 0. The van der Waals surface area contributed by atoms with Gasteiger partial charge in [0.1, 0.15) is 0 Å². The van der Waals surface area contributed by atoms with Gasteiger partial charge in [0.05, 0.1) is 0 Å². The zero-order valence-corrected chi connectivity index (χ0v) is 31.4. The molecule has 0 N–H and O–H groups in total. The van der Waals surface area contributed by atoms with E-state index in [0.29, 0.717) is 0 Å². The molecule has 0 amide bonds. The number of hydrogen-bond acceptors (Lipinski definition) is 2. The van der Waals surface area contributed by atoms with Crippen molar-refractivity contribution in [1.82, 2.24) is 0 Å². The Morgan fingerprint density at radius 1 is 0.268 bits per heavy atom. The van der Waals surface area contributed by atoms with E-state index in [4.69, 9.17) is 0 Å². The third kappa shape index (κ3) is 5.54. The first kappa shape index (κ1) is 32.4. The Morgan fingerprint density at radius 3 is 1.66 bits per heavy atom. The lowest BCUT2D eigenvalue weighted by Gasteiger charge is -2.26. The minimum Gasteiger partial charge on any atom is -0.310 e. The van der Waals surface area contributed by atoms with Crippen LogP contribution in [0.5, 0.6) is 0 Å². The molecule has 0 saturated heterocycles. The molecule has 0 aliphatic heterocycles. The lowest BCUT2D eigenvalue weighted by Crippen LogP contribution is -2.10. The van der Waals surface area contributed by atoms with Crippen LogP contribution in [0.15, 0.2) is 212 Å². The maximum absolute atomic E-state index is 2.39. The molecular formula is C54H35NS. The van der Waals surface area contributed by atoms with Crippen LogP contribution in [0, 0.1) is 0 Å². The Hall–Kier alpha value is -7.00. The Kier molecular flexibility index (Phi) is 7.75. The number of thiophene rings is 1. The molecular weight excluding hydrogens is 695 g/mol. The molecule has 1 aromatic heterocycles. The van der Waals surface area contributed by atoms with Gasteiger partial charge in [0.15, 0.2) is 0 Å². The molecule has 0 aliphatic rings. The number of fused-ring (bicyclic) bond motifs is 7. The first-order valence-corrected chi connectivity index (χ1v) is 20.0. The topological polar surface area (TPSA) is 3.24 Å². The van der Waals surface area contributed by atoms with Crippen LogP contribution in [0.2, 0.25) is 0 Å².